The van der Waals surface area contributed by atoms with Crippen molar-refractivity contribution in [1.29, 1.82) is 0 Å². The Hall–Kier alpha value is -2.63. The van der Waals surface area contributed by atoms with Crippen LogP contribution < -0.4 is 5.32 Å². The molecule has 1 aromatic carbocycles. The van der Waals surface area contributed by atoms with Gasteiger partial charge >= 0.3 is 0 Å². The van der Waals surface area contributed by atoms with E-state index in [-0.39, 0.29) is 23.9 Å². The van der Waals surface area contributed by atoms with Crippen LogP contribution in [0.3, 0.4) is 0 Å². The van der Waals surface area contributed by atoms with E-state index < -0.39 is 5.41 Å². The van der Waals surface area contributed by atoms with Gasteiger partial charge in [-0.05, 0) is 51.7 Å². The molecule has 154 valence electrons. The Morgan fingerprint density at radius 3 is 2.62 bits per heavy atom. The number of nitrogens with zero attached hydrogens (tertiary/aromatic N) is 3. The van der Waals surface area contributed by atoms with E-state index in [9.17, 15) is 9.59 Å². The molecule has 29 heavy (non-hydrogen) atoms. The average Bonchev–Trinajstić information content (AvgIpc) is 3.45. The van der Waals surface area contributed by atoms with Gasteiger partial charge in [-0.1, -0.05) is 24.6 Å². The molecule has 0 radical (unpaired) electrons. The van der Waals surface area contributed by atoms with Crippen LogP contribution in [0.1, 0.15) is 61.0 Å². The van der Waals surface area contributed by atoms with Crippen molar-refractivity contribution in [2.45, 2.75) is 71.6 Å². The lowest BCUT2D eigenvalue weighted by molar-refractivity contribution is -0.133. The summed E-state index contributed by atoms with van der Waals surface area (Å²) in [6.07, 6.45) is 7.15. The predicted molar refractivity (Wildman–Crippen MR) is 111 cm³/mol. The van der Waals surface area contributed by atoms with Gasteiger partial charge in [-0.15, -0.1) is 0 Å². The highest BCUT2D eigenvalue weighted by Gasteiger charge is 2.60. The van der Waals surface area contributed by atoms with Crippen LogP contribution in [0, 0.1) is 12.3 Å². The molecule has 2 fully saturated rings. The van der Waals surface area contributed by atoms with E-state index in [0.29, 0.717) is 12.1 Å². The third-order valence-corrected chi connectivity index (χ3v) is 6.82. The first-order valence-electron chi connectivity index (χ1n) is 10.7. The molecule has 2 saturated heterocycles. The second-order valence-corrected chi connectivity index (χ2v) is 8.43. The first kappa shape index (κ1) is 19.7. The predicted octanol–water partition coefficient (Wildman–Crippen LogP) is 3.30. The second kappa shape index (κ2) is 7.65. The second-order valence-electron chi connectivity index (χ2n) is 8.43. The Morgan fingerprint density at radius 2 is 1.97 bits per heavy atom. The molecule has 0 saturated carbocycles. The molecule has 2 amide bonds. The van der Waals surface area contributed by atoms with Gasteiger partial charge in [0, 0.05) is 42.5 Å². The molecular weight excluding hydrogens is 364 g/mol. The summed E-state index contributed by atoms with van der Waals surface area (Å²) in [7, 11) is 0. The average molecular weight is 395 g/mol. The van der Waals surface area contributed by atoms with Crippen molar-refractivity contribution in [3.63, 3.8) is 0 Å². The van der Waals surface area contributed by atoms with Crippen LogP contribution >= 0.6 is 0 Å². The van der Waals surface area contributed by atoms with Crippen LogP contribution in [-0.4, -0.2) is 38.6 Å². The maximum atomic E-state index is 13.3. The van der Waals surface area contributed by atoms with Crippen molar-refractivity contribution in [1.82, 2.24) is 20.0 Å². The van der Waals surface area contributed by atoms with Crippen LogP contribution in [0.2, 0.25) is 0 Å². The van der Waals surface area contributed by atoms with Crippen LogP contribution in [0.15, 0.2) is 36.7 Å². The molecule has 2 aliphatic heterocycles. The third-order valence-electron chi connectivity index (χ3n) is 6.82. The van der Waals surface area contributed by atoms with Crippen molar-refractivity contribution in [3.8, 4) is 0 Å². The van der Waals surface area contributed by atoms with Crippen LogP contribution in [0.25, 0.3) is 0 Å². The summed E-state index contributed by atoms with van der Waals surface area (Å²) in [5.74, 6) is 0.128. The molecule has 3 atom stereocenters. The standard InChI is InChI=1S/C23H30N4O2/c1-4-23(22(29)24-13-17-14-25-26(5-2)15-17)12-19-10-11-20(23)27(19)21(28)18-8-6-16(3)7-9-18/h6-9,14-15,19-20H,4-5,10-13H2,1-3H3,(H,24,29)/t19-,20+,23+/m0/s1. The van der Waals surface area contributed by atoms with E-state index in [0.717, 1.165) is 43.4 Å². The number of carbonyl (C=O) groups excluding carboxylic acids is 2. The van der Waals surface area contributed by atoms with E-state index in [4.69, 9.17) is 0 Å². The lowest BCUT2D eigenvalue weighted by Crippen LogP contribution is -2.49. The van der Waals surface area contributed by atoms with Gasteiger partial charge in [0.15, 0.2) is 0 Å². The van der Waals surface area contributed by atoms with Crippen LogP contribution in [-0.2, 0) is 17.9 Å². The summed E-state index contributed by atoms with van der Waals surface area (Å²) < 4.78 is 1.86. The Labute approximate surface area is 172 Å². The SMILES string of the molecule is CCn1cc(CNC(=O)[C@]2(CC)C[C@@H]3CC[C@H]2N3C(=O)c2ccc(C)cc2)cn1. The Bertz CT molecular complexity index is 904. The monoisotopic (exact) mass is 394 g/mol. The molecule has 3 heterocycles. The van der Waals surface area contributed by atoms with Crippen LogP contribution in [0.4, 0.5) is 0 Å². The third kappa shape index (κ3) is 3.34. The summed E-state index contributed by atoms with van der Waals surface area (Å²) in [4.78, 5) is 28.6. The smallest absolute Gasteiger partial charge is 0.254 e. The van der Waals surface area contributed by atoms with Gasteiger partial charge in [0.1, 0.15) is 0 Å². The number of hydrogen-bond acceptors (Lipinski definition) is 3. The van der Waals surface area contributed by atoms with Crippen molar-refractivity contribution >= 4 is 11.8 Å². The number of amides is 2. The van der Waals surface area contributed by atoms with Crippen LogP contribution in [0.5, 0.6) is 0 Å². The lowest BCUT2D eigenvalue weighted by Gasteiger charge is -2.35. The zero-order chi connectivity index (χ0) is 20.6. The fourth-order valence-electron chi connectivity index (χ4n) is 5.15. The number of aromatic nitrogens is 2. The first-order valence-corrected chi connectivity index (χ1v) is 10.7. The van der Waals surface area contributed by atoms with E-state index in [1.54, 1.807) is 6.20 Å². The molecule has 0 aliphatic carbocycles. The van der Waals surface area contributed by atoms with Crippen molar-refractivity contribution in [2.75, 3.05) is 0 Å². The fraction of sp³-hybridized carbons (Fsp3) is 0.522. The van der Waals surface area contributed by atoms with E-state index >= 15 is 0 Å². The number of carbonyl (C=O) groups is 2. The summed E-state index contributed by atoms with van der Waals surface area (Å²) in [6, 6.07) is 7.87. The topological polar surface area (TPSA) is 67.2 Å². The highest BCUT2D eigenvalue weighted by Crippen LogP contribution is 2.52. The Balaban J connectivity index is 1.51. The van der Waals surface area contributed by atoms with E-state index in [2.05, 4.69) is 17.3 Å². The zero-order valence-electron chi connectivity index (χ0n) is 17.5. The Kier molecular flexibility index (Phi) is 5.19. The molecule has 0 spiro atoms. The minimum atomic E-state index is -0.496. The molecule has 1 N–H and O–H groups in total. The summed E-state index contributed by atoms with van der Waals surface area (Å²) in [6.45, 7) is 7.42. The molecule has 6 heteroatoms. The summed E-state index contributed by atoms with van der Waals surface area (Å²) in [5, 5.41) is 7.40. The summed E-state index contributed by atoms with van der Waals surface area (Å²) >= 11 is 0. The largest absolute Gasteiger partial charge is 0.351 e. The highest BCUT2D eigenvalue weighted by molar-refractivity contribution is 5.96. The number of benzene rings is 1. The highest BCUT2D eigenvalue weighted by atomic mass is 16.2. The van der Waals surface area contributed by atoms with E-state index in [1.807, 2.05) is 53.9 Å². The number of aryl methyl sites for hydroxylation is 2. The lowest BCUT2D eigenvalue weighted by atomic mass is 9.71. The van der Waals surface area contributed by atoms with Crippen molar-refractivity contribution < 1.29 is 9.59 Å². The van der Waals surface area contributed by atoms with Gasteiger partial charge in [-0.3, -0.25) is 14.3 Å². The van der Waals surface area contributed by atoms with Gasteiger partial charge in [0.05, 0.1) is 11.6 Å². The summed E-state index contributed by atoms with van der Waals surface area (Å²) in [5.41, 5.74) is 2.36. The number of rotatable bonds is 6. The molecule has 6 nitrogen and oxygen atoms in total. The van der Waals surface area contributed by atoms with Gasteiger partial charge < -0.3 is 10.2 Å². The van der Waals surface area contributed by atoms with Gasteiger partial charge in [-0.2, -0.15) is 5.10 Å². The van der Waals surface area contributed by atoms with Gasteiger partial charge in [0.25, 0.3) is 5.91 Å². The first-order chi connectivity index (χ1) is 14.0. The molecule has 2 bridgehead atoms. The quantitative estimate of drug-likeness (QED) is 0.817. The number of hydrogen-bond donors (Lipinski definition) is 1. The van der Waals surface area contributed by atoms with E-state index in [1.165, 1.54) is 0 Å². The molecule has 1 aromatic heterocycles. The minimum Gasteiger partial charge on any atom is -0.351 e. The molecule has 0 unspecified atom stereocenters. The number of fused-ring (bicyclic) bond motifs is 2. The van der Waals surface area contributed by atoms with Gasteiger partial charge in [-0.25, -0.2) is 0 Å². The maximum Gasteiger partial charge on any atom is 0.254 e. The van der Waals surface area contributed by atoms with Gasteiger partial charge in [0.2, 0.25) is 5.91 Å². The number of nitrogens with one attached hydrogen (secondary N) is 1. The normalized spacial score (nSPS) is 25.4. The minimum absolute atomic E-state index is 0.0235. The molecule has 2 aromatic rings. The molecular formula is C23H30N4O2. The molecule has 4 rings (SSSR count). The van der Waals surface area contributed by atoms with Crippen molar-refractivity contribution in [2.24, 2.45) is 5.41 Å². The molecule has 2 aliphatic rings. The zero-order valence-corrected chi connectivity index (χ0v) is 17.5. The Morgan fingerprint density at radius 1 is 1.21 bits per heavy atom. The van der Waals surface area contributed by atoms with Crippen molar-refractivity contribution in [3.05, 3.63) is 53.3 Å². The maximum absolute atomic E-state index is 13.3. The fourth-order valence-corrected chi connectivity index (χ4v) is 5.15.